The highest BCUT2D eigenvalue weighted by Crippen LogP contribution is 2.30. The van der Waals surface area contributed by atoms with Crippen LogP contribution in [-0.2, 0) is 0 Å². The third-order valence-electron chi connectivity index (χ3n) is 4.20. The van der Waals surface area contributed by atoms with Gasteiger partial charge in [0.25, 0.3) is 0 Å². The number of nitrogens with zero attached hydrogens (tertiary/aromatic N) is 2. The van der Waals surface area contributed by atoms with Crippen molar-refractivity contribution in [1.29, 1.82) is 0 Å². The Balaban J connectivity index is 1.79. The van der Waals surface area contributed by atoms with Gasteiger partial charge in [-0.2, -0.15) is 13.2 Å². The maximum Gasteiger partial charge on any atom is 0.401 e. The number of piperazine rings is 1. The van der Waals surface area contributed by atoms with Gasteiger partial charge < -0.3 is 5.73 Å². The van der Waals surface area contributed by atoms with Crippen molar-refractivity contribution in [2.24, 2.45) is 11.7 Å². The summed E-state index contributed by atoms with van der Waals surface area (Å²) in [5, 5.41) is 0. The highest BCUT2D eigenvalue weighted by Gasteiger charge is 2.36. The van der Waals surface area contributed by atoms with Crippen LogP contribution < -0.4 is 5.73 Å². The Kier molecular flexibility index (Phi) is 4.50. The molecule has 0 bridgehead atoms. The zero-order valence-corrected chi connectivity index (χ0v) is 10.6. The Bertz CT molecular complexity index is 262. The van der Waals surface area contributed by atoms with Crippen molar-refractivity contribution >= 4 is 0 Å². The second-order valence-corrected chi connectivity index (χ2v) is 5.42. The van der Waals surface area contributed by atoms with Gasteiger partial charge in [0.05, 0.1) is 6.54 Å². The minimum Gasteiger partial charge on any atom is -0.330 e. The van der Waals surface area contributed by atoms with Gasteiger partial charge in [-0.1, -0.05) is 6.42 Å². The van der Waals surface area contributed by atoms with Crippen molar-refractivity contribution in [3.8, 4) is 0 Å². The van der Waals surface area contributed by atoms with E-state index >= 15 is 0 Å². The summed E-state index contributed by atoms with van der Waals surface area (Å²) in [5.74, 6) is 0.541. The molecule has 0 aromatic rings. The predicted molar refractivity (Wildman–Crippen MR) is 64.3 cm³/mol. The Hall–Kier alpha value is -0.330. The highest BCUT2D eigenvalue weighted by molar-refractivity contribution is 4.88. The molecule has 1 aliphatic heterocycles. The Labute approximate surface area is 106 Å². The van der Waals surface area contributed by atoms with Gasteiger partial charge in [0.15, 0.2) is 0 Å². The van der Waals surface area contributed by atoms with Crippen molar-refractivity contribution in [3.05, 3.63) is 0 Å². The van der Waals surface area contributed by atoms with Crippen LogP contribution in [0.25, 0.3) is 0 Å². The standard InChI is InChI=1S/C12H22F3N3/c13-12(14,15)9-17-4-6-18(7-5-17)11-3-1-2-10(11)8-16/h10-11H,1-9,16H2. The average Bonchev–Trinajstić information content (AvgIpc) is 2.76. The second kappa shape index (κ2) is 5.75. The molecule has 18 heavy (non-hydrogen) atoms. The minimum atomic E-state index is -4.07. The first-order valence-corrected chi connectivity index (χ1v) is 6.73. The van der Waals surface area contributed by atoms with Crippen molar-refractivity contribution in [2.75, 3.05) is 39.3 Å². The summed E-state index contributed by atoms with van der Waals surface area (Å²) in [6.07, 6.45) is -0.546. The minimum absolute atomic E-state index is 0.503. The molecule has 2 atom stereocenters. The van der Waals surface area contributed by atoms with E-state index in [0.29, 0.717) is 31.6 Å². The highest BCUT2D eigenvalue weighted by atomic mass is 19.4. The maximum atomic E-state index is 12.3. The lowest BCUT2D eigenvalue weighted by Gasteiger charge is -2.40. The predicted octanol–water partition coefficient (Wildman–Crippen LogP) is 1.29. The Morgan fingerprint density at radius 3 is 2.28 bits per heavy atom. The largest absolute Gasteiger partial charge is 0.401 e. The van der Waals surface area contributed by atoms with E-state index in [1.807, 2.05) is 0 Å². The lowest BCUT2D eigenvalue weighted by molar-refractivity contribution is -0.150. The summed E-state index contributed by atoms with van der Waals surface area (Å²) in [6, 6.07) is 0.503. The molecule has 1 saturated carbocycles. The number of halogens is 3. The molecule has 2 unspecified atom stereocenters. The van der Waals surface area contributed by atoms with E-state index in [4.69, 9.17) is 5.73 Å². The van der Waals surface area contributed by atoms with Crippen molar-refractivity contribution in [3.63, 3.8) is 0 Å². The molecular formula is C12H22F3N3. The van der Waals surface area contributed by atoms with Crippen LogP contribution in [0.4, 0.5) is 13.2 Å². The van der Waals surface area contributed by atoms with Crippen LogP contribution >= 0.6 is 0 Å². The van der Waals surface area contributed by atoms with Gasteiger partial charge in [0.2, 0.25) is 0 Å². The first-order chi connectivity index (χ1) is 8.49. The molecule has 0 amide bonds. The maximum absolute atomic E-state index is 12.3. The molecule has 2 aliphatic rings. The molecular weight excluding hydrogens is 243 g/mol. The fraction of sp³-hybridized carbons (Fsp3) is 1.00. The van der Waals surface area contributed by atoms with E-state index in [1.54, 1.807) is 0 Å². The van der Waals surface area contributed by atoms with Crippen LogP contribution in [0.15, 0.2) is 0 Å². The third-order valence-corrected chi connectivity index (χ3v) is 4.20. The number of nitrogens with two attached hydrogens (primary N) is 1. The smallest absolute Gasteiger partial charge is 0.330 e. The van der Waals surface area contributed by atoms with Gasteiger partial charge in [-0.15, -0.1) is 0 Å². The van der Waals surface area contributed by atoms with Crippen LogP contribution in [0.1, 0.15) is 19.3 Å². The van der Waals surface area contributed by atoms with Gasteiger partial charge in [-0.25, -0.2) is 0 Å². The van der Waals surface area contributed by atoms with Crippen molar-refractivity contribution in [1.82, 2.24) is 9.80 Å². The molecule has 6 heteroatoms. The fourth-order valence-corrected chi connectivity index (χ4v) is 3.28. The van der Waals surface area contributed by atoms with Crippen LogP contribution in [0, 0.1) is 5.92 Å². The summed E-state index contributed by atoms with van der Waals surface area (Å²) in [4.78, 5) is 3.85. The van der Waals surface area contributed by atoms with Crippen LogP contribution in [0.2, 0.25) is 0 Å². The van der Waals surface area contributed by atoms with Gasteiger partial charge in [0, 0.05) is 32.2 Å². The molecule has 2 rings (SSSR count). The third kappa shape index (κ3) is 3.59. The topological polar surface area (TPSA) is 32.5 Å². The number of hydrogen-bond donors (Lipinski definition) is 1. The lowest BCUT2D eigenvalue weighted by Crippen LogP contribution is -2.53. The number of hydrogen-bond acceptors (Lipinski definition) is 3. The van der Waals surface area contributed by atoms with E-state index in [-0.39, 0.29) is 0 Å². The Morgan fingerprint density at radius 2 is 1.72 bits per heavy atom. The molecule has 1 aliphatic carbocycles. The van der Waals surface area contributed by atoms with E-state index < -0.39 is 12.7 Å². The monoisotopic (exact) mass is 265 g/mol. The van der Waals surface area contributed by atoms with Gasteiger partial charge in [-0.05, 0) is 25.3 Å². The second-order valence-electron chi connectivity index (χ2n) is 5.42. The lowest BCUT2D eigenvalue weighted by atomic mass is 10.0. The average molecular weight is 265 g/mol. The molecule has 0 aromatic heterocycles. The quantitative estimate of drug-likeness (QED) is 0.834. The SMILES string of the molecule is NCC1CCCC1N1CCN(CC(F)(F)F)CC1. The van der Waals surface area contributed by atoms with Crippen molar-refractivity contribution in [2.45, 2.75) is 31.5 Å². The molecule has 1 saturated heterocycles. The molecule has 0 aromatic carbocycles. The van der Waals surface area contributed by atoms with Crippen molar-refractivity contribution < 1.29 is 13.2 Å². The van der Waals surface area contributed by atoms with E-state index in [0.717, 1.165) is 19.5 Å². The zero-order chi connectivity index (χ0) is 13.2. The summed E-state index contributed by atoms with van der Waals surface area (Å²) in [6.45, 7) is 2.47. The molecule has 2 N–H and O–H groups in total. The van der Waals surface area contributed by atoms with E-state index in [2.05, 4.69) is 4.90 Å². The summed E-state index contributed by atoms with van der Waals surface area (Å²) >= 11 is 0. The first-order valence-electron chi connectivity index (χ1n) is 6.73. The molecule has 106 valence electrons. The molecule has 3 nitrogen and oxygen atoms in total. The molecule has 0 radical (unpaired) electrons. The zero-order valence-electron chi connectivity index (χ0n) is 10.6. The van der Waals surface area contributed by atoms with Gasteiger partial charge in [0.1, 0.15) is 0 Å². The van der Waals surface area contributed by atoms with Crippen LogP contribution in [0.3, 0.4) is 0 Å². The fourth-order valence-electron chi connectivity index (χ4n) is 3.28. The summed E-state index contributed by atoms with van der Waals surface area (Å²) in [5.41, 5.74) is 5.76. The molecule has 0 spiro atoms. The number of rotatable bonds is 3. The first kappa shape index (κ1) is 14.1. The number of alkyl halides is 3. The van der Waals surface area contributed by atoms with Crippen LogP contribution in [0.5, 0.6) is 0 Å². The normalized spacial score (nSPS) is 32.0. The Morgan fingerprint density at radius 1 is 1.06 bits per heavy atom. The van der Waals surface area contributed by atoms with Crippen LogP contribution in [-0.4, -0.2) is 61.3 Å². The van der Waals surface area contributed by atoms with Gasteiger partial charge in [-0.3, -0.25) is 9.80 Å². The van der Waals surface area contributed by atoms with E-state index in [9.17, 15) is 13.2 Å². The van der Waals surface area contributed by atoms with Gasteiger partial charge >= 0.3 is 6.18 Å². The summed E-state index contributed by atoms with van der Waals surface area (Å²) in [7, 11) is 0. The summed E-state index contributed by atoms with van der Waals surface area (Å²) < 4.78 is 36.8. The van der Waals surface area contributed by atoms with E-state index in [1.165, 1.54) is 17.7 Å². The molecule has 2 fully saturated rings. The molecule has 1 heterocycles.